The summed E-state index contributed by atoms with van der Waals surface area (Å²) in [6.07, 6.45) is 0. The van der Waals surface area contributed by atoms with Gasteiger partial charge in [0.2, 0.25) is 10.0 Å². The van der Waals surface area contributed by atoms with E-state index in [9.17, 15) is 8.42 Å². The number of rotatable bonds is 7. The molecule has 2 aromatic carbocycles. The first-order chi connectivity index (χ1) is 10.1. The van der Waals surface area contributed by atoms with Crippen LogP contribution < -0.4 is 15.2 Å². The van der Waals surface area contributed by atoms with E-state index < -0.39 is 10.0 Å². The molecule has 3 N–H and O–H groups in total. The van der Waals surface area contributed by atoms with E-state index >= 15 is 0 Å². The molecule has 0 amide bonds. The minimum Gasteiger partial charge on any atom is -0.492 e. The first-order valence-corrected chi connectivity index (χ1v) is 8.06. The number of para-hydroxylation sites is 1. The Morgan fingerprint density at radius 2 is 1.81 bits per heavy atom. The summed E-state index contributed by atoms with van der Waals surface area (Å²) >= 11 is 0. The molecule has 0 bridgehead atoms. The molecule has 5 nitrogen and oxygen atoms in total. The zero-order valence-corrected chi connectivity index (χ0v) is 12.3. The Hall–Kier alpha value is -1.89. The van der Waals surface area contributed by atoms with Crippen molar-refractivity contribution in [3.63, 3.8) is 0 Å². The molecule has 0 aliphatic carbocycles. The fraction of sp³-hybridized carbons (Fsp3) is 0.200. The number of hydrogen-bond acceptors (Lipinski definition) is 4. The molecule has 0 aliphatic heterocycles. The van der Waals surface area contributed by atoms with Gasteiger partial charge in [-0.15, -0.1) is 0 Å². The van der Waals surface area contributed by atoms with Gasteiger partial charge < -0.3 is 10.5 Å². The lowest BCUT2D eigenvalue weighted by Gasteiger charge is -2.09. The summed E-state index contributed by atoms with van der Waals surface area (Å²) in [6, 6.07) is 15.8. The highest BCUT2D eigenvalue weighted by atomic mass is 32.2. The van der Waals surface area contributed by atoms with Crippen LogP contribution in [0.15, 0.2) is 59.5 Å². The number of nitrogens with two attached hydrogens (primary N) is 1. The van der Waals surface area contributed by atoms with Gasteiger partial charge >= 0.3 is 0 Å². The highest BCUT2D eigenvalue weighted by Gasteiger charge is 2.13. The van der Waals surface area contributed by atoms with E-state index in [2.05, 4.69) is 4.72 Å². The normalized spacial score (nSPS) is 11.3. The van der Waals surface area contributed by atoms with Gasteiger partial charge in [-0.3, -0.25) is 0 Å². The van der Waals surface area contributed by atoms with Gasteiger partial charge in [0.15, 0.2) is 0 Å². The first-order valence-electron chi connectivity index (χ1n) is 6.58. The van der Waals surface area contributed by atoms with Crippen molar-refractivity contribution in [1.82, 2.24) is 4.72 Å². The largest absolute Gasteiger partial charge is 0.492 e. The molecular weight excluding hydrogens is 288 g/mol. The second-order valence-electron chi connectivity index (χ2n) is 4.41. The molecule has 6 heteroatoms. The van der Waals surface area contributed by atoms with Gasteiger partial charge in [0.1, 0.15) is 12.4 Å². The summed E-state index contributed by atoms with van der Waals surface area (Å²) in [5.74, 6) is 0.710. The van der Waals surface area contributed by atoms with Crippen LogP contribution in [0.4, 0.5) is 0 Å². The lowest BCUT2D eigenvalue weighted by atomic mass is 10.2. The Balaban J connectivity index is 1.89. The Bertz CT molecular complexity index is 672. The third kappa shape index (κ3) is 4.56. The van der Waals surface area contributed by atoms with Gasteiger partial charge in [0.05, 0.1) is 4.90 Å². The maximum Gasteiger partial charge on any atom is 0.240 e. The number of benzene rings is 2. The molecular formula is C15H18N2O3S. The molecule has 2 rings (SSSR count). The minimum absolute atomic E-state index is 0.198. The van der Waals surface area contributed by atoms with Gasteiger partial charge in [-0.1, -0.05) is 30.3 Å². The molecule has 0 unspecified atom stereocenters. The summed E-state index contributed by atoms with van der Waals surface area (Å²) in [7, 11) is -3.53. The summed E-state index contributed by atoms with van der Waals surface area (Å²) in [6.45, 7) is 0.768. The van der Waals surface area contributed by atoms with Crippen LogP contribution in [0.3, 0.4) is 0 Å². The van der Waals surface area contributed by atoms with Crippen molar-refractivity contribution in [1.29, 1.82) is 0 Å². The number of nitrogens with one attached hydrogen (secondary N) is 1. The van der Waals surface area contributed by atoms with Crippen molar-refractivity contribution in [3.05, 3.63) is 60.2 Å². The highest BCUT2D eigenvalue weighted by molar-refractivity contribution is 7.89. The fourth-order valence-corrected chi connectivity index (χ4v) is 2.87. The maximum absolute atomic E-state index is 12.1. The molecule has 0 spiro atoms. The van der Waals surface area contributed by atoms with E-state index in [1.807, 2.05) is 30.3 Å². The topological polar surface area (TPSA) is 81.4 Å². The van der Waals surface area contributed by atoms with E-state index in [0.717, 1.165) is 5.56 Å². The monoisotopic (exact) mass is 306 g/mol. The Kier molecular flexibility index (Phi) is 5.32. The van der Waals surface area contributed by atoms with Gasteiger partial charge in [0, 0.05) is 13.1 Å². The minimum atomic E-state index is -3.53. The summed E-state index contributed by atoms with van der Waals surface area (Å²) in [4.78, 5) is 0.213. The second-order valence-corrected chi connectivity index (χ2v) is 6.18. The molecule has 0 heterocycles. The van der Waals surface area contributed by atoms with Crippen molar-refractivity contribution in [3.8, 4) is 5.75 Å². The highest BCUT2D eigenvalue weighted by Crippen LogP contribution is 2.11. The summed E-state index contributed by atoms with van der Waals surface area (Å²) in [5, 5.41) is 0. The molecule has 0 atom stereocenters. The first kappa shape index (κ1) is 15.5. The van der Waals surface area contributed by atoms with Crippen LogP contribution in [0, 0.1) is 0 Å². The second kappa shape index (κ2) is 7.21. The Morgan fingerprint density at radius 1 is 1.05 bits per heavy atom. The van der Waals surface area contributed by atoms with Gasteiger partial charge in [-0.25, -0.2) is 13.1 Å². The van der Waals surface area contributed by atoms with Crippen LogP contribution in [0.2, 0.25) is 0 Å². The van der Waals surface area contributed by atoms with Crippen LogP contribution in [0.25, 0.3) is 0 Å². The van der Waals surface area contributed by atoms with E-state index in [-0.39, 0.29) is 18.0 Å². The third-order valence-corrected chi connectivity index (χ3v) is 4.31. The van der Waals surface area contributed by atoms with Gasteiger partial charge in [-0.2, -0.15) is 0 Å². The molecule has 0 aliphatic rings. The molecule has 0 saturated heterocycles. The molecule has 0 saturated carbocycles. The Morgan fingerprint density at radius 3 is 2.52 bits per heavy atom. The van der Waals surface area contributed by atoms with Crippen molar-refractivity contribution in [2.24, 2.45) is 5.73 Å². The molecule has 0 fully saturated rings. The summed E-state index contributed by atoms with van der Waals surface area (Å²) < 4.78 is 32.1. The standard InChI is InChI=1S/C15H18N2O3S/c16-12-13-5-4-8-15(11-13)21(18,19)17-9-10-20-14-6-2-1-3-7-14/h1-8,11,17H,9-10,12,16H2. The zero-order valence-electron chi connectivity index (χ0n) is 11.5. The lowest BCUT2D eigenvalue weighted by Crippen LogP contribution is -2.28. The smallest absolute Gasteiger partial charge is 0.240 e. The van der Waals surface area contributed by atoms with E-state index in [1.54, 1.807) is 24.3 Å². The quantitative estimate of drug-likeness (QED) is 0.760. The summed E-state index contributed by atoms with van der Waals surface area (Å²) in [5.41, 5.74) is 6.29. The third-order valence-electron chi connectivity index (χ3n) is 2.85. The lowest BCUT2D eigenvalue weighted by molar-refractivity contribution is 0.323. The number of ether oxygens (including phenoxy) is 1. The Labute approximate surface area is 124 Å². The molecule has 2 aromatic rings. The average molecular weight is 306 g/mol. The predicted octanol–water partition coefficient (Wildman–Crippen LogP) is 1.50. The van der Waals surface area contributed by atoms with Crippen molar-refractivity contribution in [2.45, 2.75) is 11.4 Å². The number of hydrogen-bond donors (Lipinski definition) is 2. The predicted molar refractivity (Wildman–Crippen MR) is 81.5 cm³/mol. The van der Waals surface area contributed by atoms with Crippen LogP contribution in [-0.2, 0) is 16.6 Å². The maximum atomic E-state index is 12.1. The van der Waals surface area contributed by atoms with Crippen LogP contribution in [0.5, 0.6) is 5.75 Å². The van der Waals surface area contributed by atoms with Gasteiger partial charge in [-0.05, 0) is 29.8 Å². The van der Waals surface area contributed by atoms with Crippen LogP contribution in [0.1, 0.15) is 5.56 Å². The molecule has 0 aromatic heterocycles. The zero-order chi connectivity index (χ0) is 15.1. The fourth-order valence-electron chi connectivity index (χ4n) is 1.78. The van der Waals surface area contributed by atoms with E-state index in [4.69, 9.17) is 10.5 Å². The SMILES string of the molecule is NCc1cccc(S(=O)(=O)NCCOc2ccccc2)c1. The van der Waals surface area contributed by atoms with Crippen molar-refractivity contribution < 1.29 is 13.2 Å². The van der Waals surface area contributed by atoms with Crippen LogP contribution in [-0.4, -0.2) is 21.6 Å². The van der Waals surface area contributed by atoms with E-state index in [1.165, 1.54) is 0 Å². The van der Waals surface area contributed by atoms with Crippen LogP contribution >= 0.6 is 0 Å². The van der Waals surface area contributed by atoms with Gasteiger partial charge in [0.25, 0.3) is 0 Å². The average Bonchev–Trinajstić information content (AvgIpc) is 2.53. The molecule has 112 valence electrons. The molecule has 21 heavy (non-hydrogen) atoms. The van der Waals surface area contributed by atoms with Crippen molar-refractivity contribution >= 4 is 10.0 Å². The van der Waals surface area contributed by atoms with E-state index in [0.29, 0.717) is 12.3 Å². The number of sulfonamides is 1. The van der Waals surface area contributed by atoms with Crippen molar-refractivity contribution in [2.75, 3.05) is 13.2 Å². The molecule has 0 radical (unpaired) electrons.